The van der Waals surface area contributed by atoms with Gasteiger partial charge in [0.2, 0.25) is 0 Å². The zero-order chi connectivity index (χ0) is 18.9. The molecule has 0 amide bonds. The number of anilines is 1. The quantitative estimate of drug-likeness (QED) is 0.509. The summed E-state index contributed by atoms with van der Waals surface area (Å²) in [5.74, 6) is 1.35. The predicted molar refractivity (Wildman–Crippen MR) is 107 cm³/mol. The molecule has 5 rings (SSSR count). The van der Waals surface area contributed by atoms with E-state index in [4.69, 9.17) is 4.98 Å². The Morgan fingerprint density at radius 1 is 1.11 bits per heavy atom. The number of H-pyrrole nitrogens is 1. The number of imidazole rings is 1. The van der Waals surface area contributed by atoms with E-state index in [1.54, 1.807) is 12.4 Å². The second kappa shape index (κ2) is 7.14. The van der Waals surface area contributed by atoms with E-state index in [0.29, 0.717) is 5.65 Å². The zero-order valence-electron chi connectivity index (χ0n) is 15.5. The standard InChI is InChI=1S/C21H21FN6/c22-16-5-4-14-9-15(17(28-18(14)10-16)6-3-13-1-2-13)7-8-23-20-19-21(25-11-24-19)27-12-26-20/h4-5,9-13H,1-3,6-8H2,(H2,23,24,25,26,27). The SMILES string of the molecule is Fc1ccc2cc(CCNc3ncnc4nc[nH]c34)c(CCC3CC3)nc2c1. The number of aryl methyl sites for hydroxylation is 1. The number of hydrogen-bond donors (Lipinski definition) is 2. The van der Waals surface area contributed by atoms with Crippen LogP contribution in [0.2, 0.25) is 0 Å². The van der Waals surface area contributed by atoms with Gasteiger partial charge in [-0.25, -0.2) is 19.3 Å². The molecule has 1 aliphatic carbocycles. The van der Waals surface area contributed by atoms with Crippen LogP contribution in [0.25, 0.3) is 22.1 Å². The van der Waals surface area contributed by atoms with Gasteiger partial charge in [0.1, 0.15) is 17.7 Å². The molecule has 1 saturated carbocycles. The van der Waals surface area contributed by atoms with Gasteiger partial charge in [0.05, 0.1) is 11.8 Å². The lowest BCUT2D eigenvalue weighted by molar-refractivity contribution is 0.629. The molecule has 3 heterocycles. The summed E-state index contributed by atoms with van der Waals surface area (Å²) in [5, 5.41) is 4.35. The summed E-state index contributed by atoms with van der Waals surface area (Å²) >= 11 is 0. The fourth-order valence-corrected chi connectivity index (χ4v) is 3.62. The number of aromatic nitrogens is 5. The molecule has 1 aromatic carbocycles. The first kappa shape index (κ1) is 17.0. The second-order valence-corrected chi connectivity index (χ2v) is 7.41. The maximum Gasteiger partial charge on any atom is 0.182 e. The van der Waals surface area contributed by atoms with Crippen LogP contribution >= 0.6 is 0 Å². The number of halogens is 1. The van der Waals surface area contributed by atoms with Crippen molar-refractivity contribution >= 4 is 27.9 Å². The highest BCUT2D eigenvalue weighted by molar-refractivity contribution is 5.82. The Hall–Kier alpha value is -3.09. The molecule has 28 heavy (non-hydrogen) atoms. The normalized spacial score (nSPS) is 14.0. The van der Waals surface area contributed by atoms with E-state index in [1.807, 2.05) is 0 Å². The van der Waals surface area contributed by atoms with Crippen molar-refractivity contribution in [1.29, 1.82) is 0 Å². The molecule has 6 nitrogen and oxygen atoms in total. The van der Waals surface area contributed by atoms with E-state index in [1.165, 1.54) is 36.9 Å². The summed E-state index contributed by atoms with van der Waals surface area (Å²) in [6.07, 6.45) is 8.71. The van der Waals surface area contributed by atoms with E-state index in [2.05, 4.69) is 31.3 Å². The van der Waals surface area contributed by atoms with Gasteiger partial charge < -0.3 is 10.3 Å². The number of nitrogens with zero attached hydrogens (tertiary/aromatic N) is 4. The Labute approximate surface area is 161 Å². The van der Waals surface area contributed by atoms with Crippen LogP contribution in [0.3, 0.4) is 0 Å². The molecule has 0 aliphatic heterocycles. The van der Waals surface area contributed by atoms with Crippen molar-refractivity contribution in [2.75, 3.05) is 11.9 Å². The lowest BCUT2D eigenvalue weighted by Crippen LogP contribution is -2.10. The van der Waals surface area contributed by atoms with Gasteiger partial charge in [-0.15, -0.1) is 0 Å². The lowest BCUT2D eigenvalue weighted by Gasteiger charge is -2.12. The fraction of sp³-hybridized carbons (Fsp3) is 0.333. The van der Waals surface area contributed by atoms with Crippen molar-refractivity contribution < 1.29 is 4.39 Å². The number of pyridine rings is 1. The molecular formula is C21H21FN6. The smallest absolute Gasteiger partial charge is 0.182 e. The number of fused-ring (bicyclic) bond motifs is 2. The summed E-state index contributed by atoms with van der Waals surface area (Å²) in [4.78, 5) is 20.5. The summed E-state index contributed by atoms with van der Waals surface area (Å²) in [6.45, 7) is 0.718. The van der Waals surface area contributed by atoms with Crippen LogP contribution in [0.5, 0.6) is 0 Å². The van der Waals surface area contributed by atoms with Crippen molar-refractivity contribution in [1.82, 2.24) is 24.9 Å². The van der Waals surface area contributed by atoms with E-state index >= 15 is 0 Å². The number of benzene rings is 1. The van der Waals surface area contributed by atoms with E-state index < -0.39 is 0 Å². The molecule has 0 unspecified atom stereocenters. The fourth-order valence-electron chi connectivity index (χ4n) is 3.62. The number of rotatable bonds is 7. The zero-order valence-corrected chi connectivity index (χ0v) is 15.5. The molecule has 142 valence electrons. The lowest BCUT2D eigenvalue weighted by atomic mass is 10.0. The van der Waals surface area contributed by atoms with Crippen LogP contribution in [0.1, 0.15) is 30.5 Å². The third kappa shape index (κ3) is 3.52. The topological polar surface area (TPSA) is 79.4 Å². The van der Waals surface area contributed by atoms with Crippen LogP contribution in [-0.2, 0) is 12.8 Å². The molecule has 0 saturated heterocycles. The number of aromatic amines is 1. The van der Waals surface area contributed by atoms with Crippen LogP contribution < -0.4 is 5.32 Å². The molecule has 0 spiro atoms. The third-order valence-corrected chi connectivity index (χ3v) is 5.34. The largest absolute Gasteiger partial charge is 0.368 e. The Kier molecular flexibility index (Phi) is 4.35. The highest BCUT2D eigenvalue weighted by atomic mass is 19.1. The number of hydrogen-bond acceptors (Lipinski definition) is 5. The Morgan fingerprint density at radius 2 is 2.04 bits per heavy atom. The van der Waals surface area contributed by atoms with Gasteiger partial charge in [0.25, 0.3) is 0 Å². The maximum atomic E-state index is 13.6. The van der Waals surface area contributed by atoms with Gasteiger partial charge in [-0.2, -0.15) is 0 Å². The van der Waals surface area contributed by atoms with Crippen molar-refractivity contribution in [3.8, 4) is 0 Å². The average Bonchev–Trinajstić information content (AvgIpc) is 3.40. The highest BCUT2D eigenvalue weighted by Crippen LogP contribution is 2.34. The van der Waals surface area contributed by atoms with E-state index in [0.717, 1.165) is 59.7 Å². The molecule has 0 radical (unpaired) electrons. The minimum Gasteiger partial charge on any atom is -0.368 e. The molecular weight excluding hydrogens is 355 g/mol. The highest BCUT2D eigenvalue weighted by Gasteiger charge is 2.21. The first-order chi connectivity index (χ1) is 13.8. The molecule has 3 aromatic heterocycles. The Balaban J connectivity index is 1.37. The van der Waals surface area contributed by atoms with Crippen LogP contribution in [-0.4, -0.2) is 31.5 Å². The first-order valence-electron chi connectivity index (χ1n) is 9.72. The Bertz CT molecular complexity index is 1130. The molecule has 1 aliphatic rings. The number of nitrogens with one attached hydrogen (secondary N) is 2. The van der Waals surface area contributed by atoms with Gasteiger partial charge in [-0.3, -0.25) is 4.98 Å². The minimum absolute atomic E-state index is 0.241. The summed E-state index contributed by atoms with van der Waals surface area (Å²) < 4.78 is 13.6. The molecule has 7 heteroatoms. The van der Waals surface area contributed by atoms with Crippen molar-refractivity contribution in [3.63, 3.8) is 0 Å². The minimum atomic E-state index is -0.241. The molecule has 2 N–H and O–H groups in total. The summed E-state index contributed by atoms with van der Waals surface area (Å²) in [7, 11) is 0. The molecule has 0 bridgehead atoms. The van der Waals surface area contributed by atoms with Crippen LogP contribution in [0.4, 0.5) is 10.2 Å². The van der Waals surface area contributed by atoms with Crippen molar-refractivity contribution in [3.05, 3.63) is 54.0 Å². The predicted octanol–water partition coefficient (Wildman–Crippen LogP) is 4.04. The van der Waals surface area contributed by atoms with Gasteiger partial charge in [0.15, 0.2) is 11.5 Å². The monoisotopic (exact) mass is 376 g/mol. The third-order valence-electron chi connectivity index (χ3n) is 5.34. The van der Waals surface area contributed by atoms with Gasteiger partial charge >= 0.3 is 0 Å². The van der Waals surface area contributed by atoms with E-state index in [-0.39, 0.29) is 5.82 Å². The van der Waals surface area contributed by atoms with Crippen molar-refractivity contribution in [2.24, 2.45) is 5.92 Å². The summed E-state index contributed by atoms with van der Waals surface area (Å²) in [6, 6.07) is 6.97. The molecule has 4 aromatic rings. The molecule has 0 atom stereocenters. The maximum absolute atomic E-state index is 13.6. The van der Waals surface area contributed by atoms with E-state index in [9.17, 15) is 4.39 Å². The first-order valence-corrected chi connectivity index (χ1v) is 9.72. The van der Waals surface area contributed by atoms with Crippen LogP contribution in [0, 0.1) is 11.7 Å². The van der Waals surface area contributed by atoms with Gasteiger partial charge in [-0.1, -0.05) is 12.8 Å². The Morgan fingerprint density at radius 3 is 2.93 bits per heavy atom. The van der Waals surface area contributed by atoms with Gasteiger partial charge in [0, 0.05) is 23.7 Å². The molecule has 1 fully saturated rings. The summed E-state index contributed by atoms with van der Waals surface area (Å²) in [5.41, 5.74) is 4.49. The van der Waals surface area contributed by atoms with Gasteiger partial charge in [-0.05, 0) is 48.9 Å². The second-order valence-electron chi connectivity index (χ2n) is 7.41. The van der Waals surface area contributed by atoms with Crippen molar-refractivity contribution in [2.45, 2.75) is 32.1 Å². The average molecular weight is 376 g/mol. The van der Waals surface area contributed by atoms with Crippen LogP contribution in [0.15, 0.2) is 36.9 Å².